The molecule has 2 N–H and O–H groups in total. The molecule has 0 unspecified atom stereocenters. The number of halogens is 1. The molecule has 0 saturated carbocycles. The van der Waals surface area contributed by atoms with Crippen LogP contribution in [0.1, 0.15) is 5.56 Å². The lowest BCUT2D eigenvalue weighted by atomic mass is 10.2. The van der Waals surface area contributed by atoms with Gasteiger partial charge in [0.15, 0.2) is 11.5 Å². The van der Waals surface area contributed by atoms with Gasteiger partial charge in [0.05, 0.1) is 23.2 Å². The van der Waals surface area contributed by atoms with Crippen LogP contribution in [0.25, 0.3) is 22.4 Å². The second kappa shape index (κ2) is 4.72. The van der Waals surface area contributed by atoms with Crippen molar-refractivity contribution in [2.45, 2.75) is 6.92 Å². The third-order valence-electron chi connectivity index (χ3n) is 3.16. The number of phenols is 1. The lowest BCUT2D eigenvalue weighted by molar-refractivity contribution is 0.374. The first-order valence-corrected chi connectivity index (χ1v) is 6.49. The average Bonchev–Trinajstić information content (AvgIpc) is 2.84. The minimum absolute atomic E-state index is 0.0649. The molecule has 4 nitrogen and oxygen atoms in total. The van der Waals surface area contributed by atoms with Crippen molar-refractivity contribution in [1.29, 1.82) is 0 Å². The lowest BCUT2D eigenvalue weighted by Gasteiger charge is -2.07. The second-order valence-electron chi connectivity index (χ2n) is 4.61. The Hall–Kier alpha value is -2.20. The van der Waals surface area contributed by atoms with Crippen LogP contribution in [0.4, 0.5) is 0 Å². The summed E-state index contributed by atoms with van der Waals surface area (Å²) in [5.74, 6) is 0.944. The van der Waals surface area contributed by atoms with E-state index in [4.69, 9.17) is 16.3 Å². The molecule has 1 aromatic heterocycles. The van der Waals surface area contributed by atoms with Crippen LogP contribution in [0.2, 0.25) is 5.02 Å². The molecule has 5 heteroatoms. The standard InChI is InChI=1S/C15H13ClN2O2/c1-8-3-4-11-12(5-8)18-15(17-11)9-6-10(16)14(19)13(7-9)20-2/h3-7,19H,1-2H3,(H,17,18). The van der Waals surface area contributed by atoms with Gasteiger partial charge < -0.3 is 14.8 Å². The van der Waals surface area contributed by atoms with E-state index in [1.165, 1.54) is 7.11 Å². The molecule has 0 aliphatic carbocycles. The van der Waals surface area contributed by atoms with Crippen LogP contribution < -0.4 is 4.74 Å². The first kappa shape index (κ1) is 12.8. The first-order chi connectivity index (χ1) is 9.58. The highest BCUT2D eigenvalue weighted by Gasteiger charge is 2.12. The van der Waals surface area contributed by atoms with E-state index in [0.29, 0.717) is 11.6 Å². The number of imidazole rings is 1. The number of benzene rings is 2. The number of hydrogen-bond acceptors (Lipinski definition) is 3. The Labute approximate surface area is 121 Å². The van der Waals surface area contributed by atoms with Crippen molar-refractivity contribution < 1.29 is 9.84 Å². The van der Waals surface area contributed by atoms with Gasteiger partial charge in [-0.15, -0.1) is 0 Å². The topological polar surface area (TPSA) is 58.1 Å². The number of phenolic OH excluding ortho intramolecular Hbond substituents is 1. The molecule has 0 atom stereocenters. The molecular weight excluding hydrogens is 276 g/mol. The monoisotopic (exact) mass is 288 g/mol. The van der Waals surface area contributed by atoms with Crippen molar-refractivity contribution in [3.05, 3.63) is 40.9 Å². The molecule has 0 aliphatic heterocycles. The number of aromatic nitrogens is 2. The average molecular weight is 289 g/mol. The highest BCUT2D eigenvalue weighted by Crippen LogP contribution is 2.38. The minimum atomic E-state index is -0.0649. The summed E-state index contributed by atoms with van der Waals surface area (Å²) in [5.41, 5.74) is 3.77. The number of methoxy groups -OCH3 is 1. The number of H-pyrrole nitrogens is 1. The van der Waals surface area contributed by atoms with Crippen molar-refractivity contribution in [3.63, 3.8) is 0 Å². The fourth-order valence-corrected chi connectivity index (χ4v) is 2.34. The third kappa shape index (κ3) is 2.08. The third-order valence-corrected chi connectivity index (χ3v) is 3.45. The van der Waals surface area contributed by atoms with Gasteiger partial charge in [-0.05, 0) is 36.8 Å². The summed E-state index contributed by atoms with van der Waals surface area (Å²) in [6.07, 6.45) is 0. The van der Waals surface area contributed by atoms with Crippen molar-refractivity contribution >= 4 is 22.6 Å². The summed E-state index contributed by atoms with van der Waals surface area (Å²) in [6, 6.07) is 9.36. The first-order valence-electron chi connectivity index (χ1n) is 6.11. The predicted molar refractivity (Wildman–Crippen MR) is 79.5 cm³/mol. The molecule has 2 aromatic carbocycles. The summed E-state index contributed by atoms with van der Waals surface area (Å²) in [5, 5.41) is 9.99. The molecule has 1 heterocycles. The molecular formula is C15H13ClN2O2. The highest BCUT2D eigenvalue weighted by molar-refractivity contribution is 6.32. The fraction of sp³-hybridized carbons (Fsp3) is 0.133. The quantitative estimate of drug-likeness (QED) is 0.752. The van der Waals surface area contributed by atoms with E-state index >= 15 is 0 Å². The van der Waals surface area contributed by atoms with Gasteiger partial charge in [0.25, 0.3) is 0 Å². The molecule has 20 heavy (non-hydrogen) atoms. The highest BCUT2D eigenvalue weighted by atomic mass is 35.5. The maximum Gasteiger partial charge on any atom is 0.176 e. The van der Waals surface area contributed by atoms with E-state index < -0.39 is 0 Å². The van der Waals surface area contributed by atoms with Gasteiger partial charge in [-0.25, -0.2) is 4.98 Å². The van der Waals surface area contributed by atoms with Crippen LogP contribution in [0, 0.1) is 6.92 Å². The summed E-state index contributed by atoms with van der Waals surface area (Å²) in [7, 11) is 1.48. The summed E-state index contributed by atoms with van der Waals surface area (Å²) in [6.45, 7) is 2.03. The van der Waals surface area contributed by atoms with E-state index in [1.807, 2.05) is 25.1 Å². The number of rotatable bonds is 2. The Morgan fingerprint density at radius 2 is 2.05 bits per heavy atom. The van der Waals surface area contributed by atoms with Crippen LogP contribution in [0.3, 0.4) is 0 Å². The van der Waals surface area contributed by atoms with Crippen LogP contribution in [0.5, 0.6) is 11.5 Å². The molecule has 102 valence electrons. The normalized spacial score (nSPS) is 10.9. The Morgan fingerprint density at radius 1 is 1.25 bits per heavy atom. The Morgan fingerprint density at radius 3 is 2.80 bits per heavy atom. The molecule has 3 aromatic rings. The number of ether oxygens (including phenoxy) is 1. The Bertz CT molecular complexity index is 796. The SMILES string of the molecule is COc1cc(-c2nc3ccc(C)cc3[nH]2)cc(Cl)c1O. The Kier molecular flexibility index (Phi) is 3.03. The molecule has 0 fully saturated rings. The van der Waals surface area contributed by atoms with E-state index in [0.717, 1.165) is 22.2 Å². The molecule has 0 saturated heterocycles. The van der Waals surface area contributed by atoms with Crippen molar-refractivity contribution in [1.82, 2.24) is 9.97 Å². The summed E-state index contributed by atoms with van der Waals surface area (Å²) < 4.78 is 5.11. The number of nitrogens with one attached hydrogen (secondary N) is 1. The van der Waals surface area contributed by atoms with E-state index in [2.05, 4.69) is 9.97 Å². The maximum atomic E-state index is 9.76. The lowest BCUT2D eigenvalue weighted by Crippen LogP contribution is -1.87. The van der Waals surface area contributed by atoms with Gasteiger partial charge >= 0.3 is 0 Å². The fourth-order valence-electron chi connectivity index (χ4n) is 2.13. The number of hydrogen-bond donors (Lipinski definition) is 2. The van der Waals surface area contributed by atoms with Crippen molar-refractivity contribution in [2.75, 3.05) is 7.11 Å². The van der Waals surface area contributed by atoms with Crippen molar-refractivity contribution in [3.8, 4) is 22.9 Å². The summed E-state index contributed by atoms with van der Waals surface area (Å²) in [4.78, 5) is 7.76. The van der Waals surface area contributed by atoms with Gasteiger partial charge in [-0.2, -0.15) is 0 Å². The smallest absolute Gasteiger partial charge is 0.176 e. The zero-order valence-electron chi connectivity index (χ0n) is 11.1. The molecule has 0 amide bonds. The zero-order valence-corrected chi connectivity index (χ0v) is 11.8. The zero-order chi connectivity index (χ0) is 14.3. The number of aromatic hydroxyl groups is 1. The van der Waals surface area contributed by atoms with Gasteiger partial charge in [0.1, 0.15) is 5.82 Å². The summed E-state index contributed by atoms with van der Waals surface area (Å²) >= 11 is 6.00. The molecule has 0 radical (unpaired) electrons. The van der Waals surface area contributed by atoms with Gasteiger partial charge in [0.2, 0.25) is 0 Å². The molecule has 3 rings (SSSR count). The van der Waals surface area contributed by atoms with E-state index in [1.54, 1.807) is 12.1 Å². The molecule has 0 spiro atoms. The molecule has 0 bridgehead atoms. The molecule has 0 aliphatic rings. The van der Waals surface area contributed by atoms with Crippen LogP contribution in [-0.4, -0.2) is 22.2 Å². The number of fused-ring (bicyclic) bond motifs is 1. The van der Waals surface area contributed by atoms with Crippen LogP contribution in [-0.2, 0) is 0 Å². The number of aromatic amines is 1. The second-order valence-corrected chi connectivity index (χ2v) is 5.02. The Balaban J connectivity index is 2.17. The predicted octanol–water partition coefficient (Wildman–Crippen LogP) is 3.91. The van der Waals surface area contributed by atoms with Gasteiger partial charge in [-0.1, -0.05) is 17.7 Å². The van der Waals surface area contributed by atoms with Gasteiger partial charge in [0, 0.05) is 5.56 Å². The van der Waals surface area contributed by atoms with Gasteiger partial charge in [-0.3, -0.25) is 0 Å². The maximum absolute atomic E-state index is 9.76. The van der Waals surface area contributed by atoms with Crippen molar-refractivity contribution in [2.24, 2.45) is 0 Å². The van der Waals surface area contributed by atoms with Crippen LogP contribution >= 0.6 is 11.6 Å². The van der Waals surface area contributed by atoms with E-state index in [9.17, 15) is 5.11 Å². The van der Waals surface area contributed by atoms with E-state index in [-0.39, 0.29) is 10.8 Å². The number of aryl methyl sites for hydroxylation is 1. The minimum Gasteiger partial charge on any atom is -0.503 e. The largest absolute Gasteiger partial charge is 0.503 e. The number of nitrogens with zero attached hydrogens (tertiary/aromatic N) is 1. The van der Waals surface area contributed by atoms with Crippen LogP contribution in [0.15, 0.2) is 30.3 Å².